The molecule has 0 spiro atoms. The maximum absolute atomic E-state index is 11.7. The van der Waals surface area contributed by atoms with Gasteiger partial charge in [-0.15, -0.1) is 5.10 Å². The molecule has 8 nitrogen and oxygen atoms in total. The molecule has 0 aliphatic carbocycles. The largest absolute Gasteiger partial charge is 0.474 e. The summed E-state index contributed by atoms with van der Waals surface area (Å²) in [5, 5.41) is 14.5. The molecule has 2 rings (SSSR count). The van der Waals surface area contributed by atoms with Crippen LogP contribution in [0.1, 0.15) is 25.1 Å². The Kier molecular flexibility index (Phi) is 6.74. The van der Waals surface area contributed by atoms with Gasteiger partial charge in [-0.2, -0.15) is 0 Å². The third-order valence-electron chi connectivity index (χ3n) is 3.13. The third kappa shape index (κ3) is 6.46. The van der Waals surface area contributed by atoms with Crippen LogP contribution < -0.4 is 9.46 Å². The Morgan fingerprint density at radius 2 is 2.07 bits per heavy atom. The number of hydrogen-bond acceptors (Lipinski definition) is 5. The minimum atomic E-state index is -4.15. The standard InChI is InChI=1S/C16H17Cl2N3O5S/c1-10(2)26-15-8-13(5-6-27(24,25)20-16(22)23)21(19-15)9-11-3-4-12(17)7-14(11)18/h3-8,10,20H,9H2,1-2H3,(H,22,23). The zero-order valence-electron chi connectivity index (χ0n) is 14.4. The minimum absolute atomic E-state index is 0.137. The lowest BCUT2D eigenvalue weighted by molar-refractivity contribution is 0.201. The summed E-state index contributed by atoms with van der Waals surface area (Å²) in [5.74, 6) is 0.290. The van der Waals surface area contributed by atoms with Crippen molar-refractivity contribution >= 4 is 45.4 Å². The zero-order chi connectivity index (χ0) is 20.2. The predicted molar refractivity (Wildman–Crippen MR) is 103 cm³/mol. The second kappa shape index (κ2) is 8.64. The summed E-state index contributed by atoms with van der Waals surface area (Å²) in [4.78, 5) is 10.5. The summed E-state index contributed by atoms with van der Waals surface area (Å²) in [7, 11) is -4.15. The van der Waals surface area contributed by atoms with Crippen LogP contribution in [-0.2, 0) is 16.6 Å². The van der Waals surface area contributed by atoms with E-state index in [0.717, 1.165) is 5.41 Å². The van der Waals surface area contributed by atoms with E-state index in [1.54, 1.807) is 18.2 Å². The Morgan fingerprint density at radius 3 is 2.67 bits per heavy atom. The highest BCUT2D eigenvalue weighted by Gasteiger charge is 2.13. The highest BCUT2D eigenvalue weighted by atomic mass is 35.5. The predicted octanol–water partition coefficient (Wildman–Crippen LogP) is 3.59. The van der Waals surface area contributed by atoms with Crippen molar-refractivity contribution in [3.8, 4) is 5.88 Å². The Balaban J connectivity index is 2.37. The summed E-state index contributed by atoms with van der Waals surface area (Å²) in [6, 6.07) is 6.53. The van der Waals surface area contributed by atoms with Crippen molar-refractivity contribution < 1.29 is 23.1 Å². The molecule has 0 saturated carbocycles. The number of carbonyl (C=O) groups is 1. The minimum Gasteiger partial charge on any atom is -0.474 e. The lowest BCUT2D eigenvalue weighted by Crippen LogP contribution is -2.26. The van der Waals surface area contributed by atoms with E-state index in [9.17, 15) is 13.2 Å². The normalized spacial score (nSPS) is 11.9. The number of nitrogens with one attached hydrogen (secondary N) is 1. The molecule has 11 heteroatoms. The first-order chi connectivity index (χ1) is 12.6. The summed E-state index contributed by atoms with van der Waals surface area (Å²) in [6.07, 6.45) is -0.596. The van der Waals surface area contributed by atoms with Crippen molar-refractivity contribution in [2.75, 3.05) is 0 Å². The molecule has 0 unspecified atom stereocenters. The van der Waals surface area contributed by atoms with Crippen LogP contribution >= 0.6 is 23.2 Å². The van der Waals surface area contributed by atoms with Gasteiger partial charge in [-0.25, -0.2) is 17.9 Å². The maximum atomic E-state index is 11.7. The molecule has 146 valence electrons. The molecule has 2 aromatic rings. The van der Waals surface area contributed by atoms with E-state index < -0.39 is 16.1 Å². The third-order valence-corrected chi connectivity index (χ3v) is 4.67. The zero-order valence-corrected chi connectivity index (χ0v) is 16.7. The lowest BCUT2D eigenvalue weighted by atomic mass is 10.2. The molecule has 0 bridgehead atoms. The van der Waals surface area contributed by atoms with Gasteiger partial charge < -0.3 is 9.84 Å². The van der Waals surface area contributed by atoms with Crippen LogP contribution in [0.25, 0.3) is 6.08 Å². The first kappa shape index (κ1) is 21.1. The number of benzene rings is 1. The summed E-state index contributed by atoms with van der Waals surface area (Å²) in [5.41, 5.74) is 1.09. The molecule has 1 heterocycles. The molecule has 0 aliphatic rings. The van der Waals surface area contributed by atoms with Gasteiger partial charge in [0.25, 0.3) is 10.0 Å². The van der Waals surface area contributed by atoms with Gasteiger partial charge in [-0.1, -0.05) is 29.3 Å². The number of aromatic nitrogens is 2. The second-order valence-corrected chi connectivity index (χ2v) is 8.13. The molecule has 2 N–H and O–H groups in total. The van der Waals surface area contributed by atoms with Crippen LogP contribution in [0.15, 0.2) is 29.7 Å². The molecule has 1 aromatic carbocycles. The molecule has 0 atom stereocenters. The first-order valence-corrected chi connectivity index (χ1v) is 9.98. The Hall–Kier alpha value is -2.23. The summed E-state index contributed by atoms with van der Waals surface area (Å²) >= 11 is 12.1. The van der Waals surface area contributed by atoms with E-state index >= 15 is 0 Å². The van der Waals surface area contributed by atoms with Crippen molar-refractivity contribution in [1.82, 2.24) is 14.5 Å². The molecule has 27 heavy (non-hydrogen) atoms. The monoisotopic (exact) mass is 433 g/mol. The van der Waals surface area contributed by atoms with Gasteiger partial charge >= 0.3 is 6.09 Å². The van der Waals surface area contributed by atoms with E-state index in [1.807, 2.05) is 13.8 Å². The van der Waals surface area contributed by atoms with Crippen LogP contribution in [0.3, 0.4) is 0 Å². The fraction of sp³-hybridized carbons (Fsp3) is 0.250. The van der Waals surface area contributed by atoms with Gasteiger partial charge in [0.05, 0.1) is 23.8 Å². The average molecular weight is 434 g/mol. The molecule has 0 fully saturated rings. The van der Waals surface area contributed by atoms with Crippen LogP contribution in [0.4, 0.5) is 4.79 Å². The maximum Gasteiger partial charge on any atom is 0.418 e. The quantitative estimate of drug-likeness (QED) is 0.689. The first-order valence-electron chi connectivity index (χ1n) is 7.68. The van der Waals surface area contributed by atoms with Gasteiger partial charge in [-0.05, 0) is 37.6 Å². The molecular formula is C16H17Cl2N3O5S. The molecule has 0 radical (unpaired) electrons. The van der Waals surface area contributed by atoms with Crippen LogP contribution in [0.5, 0.6) is 5.88 Å². The molecule has 0 saturated heterocycles. The van der Waals surface area contributed by atoms with E-state index in [4.69, 9.17) is 33.0 Å². The fourth-order valence-electron chi connectivity index (χ4n) is 2.09. The van der Waals surface area contributed by atoms with Crippen molar-refractivity contribution in [1.29, 1.82) is 0 Å². The van der Waals surface area contributed by atoms with Crippen molar-refractivity contribution in [2.45, 2.75) is 26.5 Å². The summed E-state index contributed by atoms with van der Waals surface area (Å²) in [6.45, 7) is 3.88. The van der Waals surface area contributed by atoms with Gasteiger partial charge in [0, 0.05) is 16.1 Å². The number of carboxylic acid groups (broad SMARTS) is 1. The van der Waals surface area contributed by atoms with Gasteiger partial charge in [0.1, 0.15) is 0 Å². The number of sulfonamides is 1. The topological polar surface area (TPSA) is 111 Å². The number of amides is 1. The average Bonchev–Trinajstić information content (AvgIpc) is 2.87. The Morgan fingerprint density at radius 1 is 1.37 bits per heavy atom. The number of rotatable bonds is 7. The number of hydrogen-bond donors (Lipinski definition) is 2. The Labute approximate surface area is 166 Å². The van der Waals surface area contributed by atoms with Crippen molar-refractivity contribution in [3.63, 3.8) is 0 Å². The summed E-state index contributed by atoms with van der Waals surface area (Å²) < 4.78 is 31.8. The smallest absolute Gasteiger partial charge is 0.418 e. The van der Waals surface area contributed by atoms with Crippen LogP contribution in [0.2, 0.25) is 10.0 Å². The number of nitrogens with zero attached hydrogens (tertiary/aromatic N) is 2. The van der Waals surface area contributed by atoms with Crippen LogP contribution in [0, 0.1) is 0 Å². The van der Waals surface area contributed by atoms with E-state index in [-0.39, 0.29) is 12.6 Å². The fourth-order valence-corrected chi connectivity index (χ4v) is 3.19. The van der Waals surface area contributed by atoms with E-state index in [0.29, 0.717) is 27.2 Å². The lowest BCUT2D eigenvalue weighted by Gasteiger charge is -2.08. The van der Waals surface area contributed by atoms with Crippen LogP contribution in [-0.4, -0.2) is 35.5 Å². The van der Waals surface area contributed by atoms with Gasteiger partial charge in [-0.3, -0.25) is 4.68 Å². The molecule has 1 aromatic heterocycles. The van der Waals surface area contributed by atoms with Crippen molar-refractivity contribution in [3.05, 3.63) is 51.0 Å². The highest BCUT2D eigenvalue weighted by molar-refractivity contribution is 7.93. The highest BCUT2D eigenvalue weighted by Crippen LogP contribution is 2.24. The van der Waals surface area contributed by atoms with E-state index in [1.165, 1.54) is 21.5 Å². The van der Waals surface area contributed by atoms with Gasteiger partial charge in [0.15, 0.2) is 0 Å². The number of halogens is 2. The second-order valence-electron chi connectivity index (χ2n) is 5.72. The molecule has 1 amide bonds. The van der Waals surface area contributed by atoms with Gasteiger partial charge in [0.2, 0.25) is 5.88 Å². The van der Waals surface area contributed by atoms with Crippen molar-refractivity contribution in [2.24, 2.45) is 0 Å². The Bertz CT molecular complexity index is 970. The van der Waals surface area contributed by atoms with E-state index in [2.05, 4.69) is 5.10 Å². The molecular weight excluding hydrogens is 417 g/mol. The molecule has 0 aliphatic heterocycles. The SMILES string of the molecule is CC(C)Oc1cc(C=CS(=O)(=O)NC(=O)O)n(Cc2ccc(Cl)cc2Cl)n1. The number of ether oxygens (including phenoxy) is 1.